The number of nitrogens with one attached hydrogen (secondary N) is 1. The fraction of sp³-hybridized carbons (Fsp3) is 0.366. The normalized spacial score (nSPS) is 11.2. The SMILES string of the molecule is C.C1CCOC1.C=CCOc1cc(CN(C(=O)OCC)c2nc(SC)nc(Cl)c2[N+](=O)[O-])ccc1F.C=CCOc1cc(CN(C(=O)OCC)c2nc(SC)nc(N)c2[N+](=O)[O-])ccc1F.N=N/N=N/N=N/N. The molecule has 1 saturated heterocycles. The molecule has 1 aliphatic rings. The zero-order chi connectivity index (χ0) is 53.6. The number of benzene rings is 2. The van der Waals surface area contributed by atoms with Crippen molar-refractivity contribution in [2.24, 2.45) is 32.0 Å². The van der Waals surface area contributed by atoms with E-state index in [1.165, 1.54) is 49.3 Å². The van der Waals surface area contributed by atoms with E-state index in [-0.39, 0.29) is 80.4 Å². The molecule has 0 spiro atoms. The number of thioether (sulfide) groups is 2. The van der Waals surface area contributed by atoms with E-state index in [0.717, 1.165) is 58.7 Å². The van der Waals surface area contributed by atoms with Gasteiger partial charge in [0, 0.05) is 13.2 Å². The number of aromatic nitrogens is 4. The lowest BCUT2D eigenvalue weighted by molar-refractivity contribution is -0.384. The molecule has 2 aromatic carbocycles. The molecule has 5 rings (SSSR count). The second kappa shape index (κ2) is 34.5. The summed E-state index contributed by atoms with van der Waals surface area (Å²) in [6.07, 6.45) is 6.99. The summed E-state index contributed by atoms with van der Waals surface area (Å²) < 4.78 is 53.4. The first-order chi connectivity index (χ1) is 34.5. The van der Waals surface area contributed by atoms with E-state index in [2.05, 4.69) is 65.1 Å². The van der Waals surface area contributed by atoms with Crippen LogP contribution in [-0.4, -0.2) is 94.1 Å². The zero-order valence-corrected chi connectivity index (χ0v) is 41.4. The summed E-state index contributed by atoms with van der Waals surface area (Å²) in [5, 5.41) is 36.5. The molecule has 32 heteroatoms. The van der Waals surface area contributed by atoms with Crippen LogP contribution in [-0.2, 0) is 27.3 Å². The van der Waals surface area contributed by atoms with Crippen LogP contribution in [0.5, 0.6) is 11.5 Å². The zero-order valence-electron chi connectivity index (χ0n) is 39.0. The number of amides is 2. The van der Waals surface area contributed by atoms with Crippen LogP contribution >= 0.6 is 35.1 Å². The maximum atomic E-state index is 14.0. The van der Waals surface area contributed by atoms with E-state index in [4.69, 9.17) is 46.6 Å². The van der Waals surface area contributed by atoms with Gasteiger partial charge >= 0.3 is 23.6 Å². The fourth-order valence-corrected chi connectivity index (χ4v) is 6.34. The van der Waals surface area contributed by atoms with Gasteiger partial charge in [0.1, 0.15) is 13.2 Å². The minimum absolute atomic E-state index is 0. The Labute approximate surface area is 430 Å². The van der Waals surface area contributed by atoms with E-state index >= 15 is 0 Å². The third kappa shape index (κ3) is 20.8. The first kappa shape index (κ1) is 63.2. The fourth-order valence-electron chi connectivity index (χ4n) is 5.33. The summed E-state index contributed by atoms with van der Waals surface area (Å²) in [5.74, 6) is 2.09. The molecular weight excluding hydrogens is 1030 g/mol. The number of nitrogens with two attached hydrogens (primary N) is 2. The first-order valence-corrected chi connectivity index (χ1v) is 23.4. The highest BCUT2D eigenvalue weighted by atomic mass is 35.5. The van der Waals surface area contributed by atoms with Crippen molar-refractivity contribution < 1.29 is 51.9 Å². The molecule has 5 N–H and O–H groups in total. The minimum Gasteiger partial charge on any atom is -0.486 e. The molecule has 0 bridgehead atoms. The van der Waals surface area contributed by atoms with Gasteiger partial charge in [0.05, 0.1) is 36.1 Å². The molecule has 27 nitrogen and oxygen atoms in total. The number of hydrogen-bond donors (Lipinski definition) is 3. The molecule has 2 aromatic heterocycles. The van der Waals surface area contributed by atoms with Crippen LogP contribution in [0.4, 0.5) is 47.2 Å². The van der Waals surface area contributed by atoms with Crippen molar-refractivity contribution in [3.63, 3.8) is 0 Å². The molecule has 0 saturated carbocycles. The molecule has 0 atom stereocenters. The molecule has 396 valence electrons. The first-order valence-electron chi connectivity index (χ1n) is 20.5. The van der Waals surface area contributed by atoms with Crippen LogP contribution in [0.1, 0.15) is 45.2 Å². The van der Waals surface area contributed by atoms with E-state index in [1.807, 2.05) is 0 Å². The lowest BCUT2D eigenvalue weighted by Gasteiger charge is -2.21. The number of carbonyl (C=O) groups is 2. The van der Waals surface area contributed by atoms with E-state index in [1.54, 1.807) is 26.4 Å². The molecule has 2 amide bonds. The summed E-state index contributed by atoms with van der Waals surface area (Å²) in [7, 11) is 0. The standard InChI is InChI=1S/C18H18ClFN4O5S.C18H20FN5O5S.C4H8O.CH4.H3N7/c1-4-8-29-13-9-11(6-7-12(13)20)10-23(18(25)28-5-2)16-14(24(26)27)15(19)21-17(22-16)30-3;1-4-8-29-13-9-11(6-7-12(13)19)10-23(18(25)28-5-2)16-14(24(26)27)15(20)21-17(22-16)30-3;1-2-4-5-3-1;;1-3-5-7-6-4-2/h4,6-7,9H,1,5,8,10H2,2-3H3;4,6-7,9H,1,5,8,10H2,2-3H3,(H2,20,21,22);1-4H2;1H4;(H3,1,2,5,6). The van der Waals surface area contributed by atoms with Crippen LogP contribution in [0, 0.1) is 37.4 Å². The second-order valence-corrected chi connectivity index (χ2v) is 15.0. The number of halogens is 3. The Morgan fingerprint density at radius 1 is 0.822 bits per heavy atom. The molecule has 1 aliphatic heterocycles. The number of ether oxygens (including phenoxy) is 5. The van der Waals surface area contributed by atoms with Crippen molar-refractivity contribution >= 4 is 76.1 Å². The average molecular weight is 1080 g/mol. The van der Waals surface area contributed by atoms with Crippen LogP contribution in [0.3, 0.4) is 0 Å². The summed E-state index contributed by atoms with van der Waals surface area (Å²) in [6, 6.07) is 7.88. The van der Waals surface area contributed by atoms with Gasteiger partial charge in [-0.3, -0.25) is 30.0 Å². The Morgan fingerprint density at radius 2 is 1.27 bits per heavy atom. The summed E-state index contributed by atoms with van der Waals surface area (Å²) in [6.45, 7) is 11.9. The quantitative estimate of drug-likeness (QED) is 0.0108. The lowest BCUT2D eigenvalue weighted by atomic mass is 10.2. The molecule has 3 heterocycles. The van der Waals surface area contributed by atoms with Crippen molar-refractivity contribution in [1.82, 2.24) is 19.9 Å². The topological polar surface area (TPSA) is 362 Å². The highest BCUT2D eigenvalue weighted by Gasteiger charge is 2.34. The van der Waals surface area contributed by atoms with Crippen LogP contribution in [0.2, 0.25) is 5.15 Å². The van der Waals surface area contributed by atoms with Crippen molar-refractivity contribution in [3.05, 3.63) is 110 Å². The number of hydrogen-bond acceptors (Lipinski definition) is 20. The Bertz CT molecular complexity index is 2390. The van der Waals surface area contributed by atoms with Gasteiger partial charge in [-0.15, -0.1) is 0 Å². The molecule has 0 unspecified atom stereocenters. The second-order valence-electron chi connectivity index (χ2n) is 13.1. The number of nitrogens with zero attached hydrogens (tertiary/aromatic N) is 13. The van der Waals surface area contributed by atoms with Gasteiger partial charge in [0.2, 0.25) is 22.6 Å². The lowest BCUT2D eigenvalue weighted by Crippen LogP contribution is -2.33. The molecule has 0 aliphatic carbocycles. The maximum Gasteiger partial charge on any atom is 0.415 e. The minimum atomic E-state index is -0.889. The smallest absolute Gasteiger partial charge is 0.415 e. The number of carbonyl (C=O) groups excluding carboxylic acids is 2. The molecule has 0 radical (unpaired) electrons. The van der Waals surface area contributed by atoms with Crippen molar-refractivity contribution in [3.8, 4) is 11.5 Å². The molecule has 4 aromatic rings. The highest BCUT2D eigenvalue weighted by molar-refractivity contribution is 7.98. The summed E-state index contributed by atoms with van der Waals surface area (Å²) in [4.78, 5) is 64.6. The van der Waals surface area contributed by atoms with Gasteiger partial charge in [0.25, 0.3) is 0 Å². The largest absolute Gasteiger partial charge is 0.486 e. The van der Waals surface area contributed by atoms with Gasteiger partial charge in [-0.25, -0.2) is 23.4 Å². The number of nitrogen functional groups attached to an aromatic ring is 1. The van der Waals surface area contributed by atoms with Gasteiger partial charge in [-0.05, 0) is 95.5 Å². The van der Waals surface area contributed by atoms with E-state index in [9.17, 15) is 38.6 Å². The van der Waals surface area contributed by atoms with Crippen LogP contribution in [0.15, 0.2) is 98.1 Å². The molecular formula is C41H53ClF2N16O11S2. The third-order valence-corrected chi connectivity index (χ3v) is 9.64. The number of rotatable bonds is 20. The predicted octanol–water partition coefficient (Wildman–Crippen LogP) is 10.2. The number of nitro groups is 2. The van der Waals surface area contributed by atoms with Crippen molar-refractivity contribution in [2.75, 3.05) is 67.7 Å². The third-order valence-electron chi connectivity index (χ3n) is 8.28. The number of anilines is 3. The van der Waals surface area contributed by atoms with Crippen LogP contribution < -0.4 is 30.8 Å². The van der Waals surface area contributed by atoms with Gasteiger partial charge in [-0.2, -0.15) is 20.5 Å². The van der Waals surface area contributed by atoms with E-state index < -0.39 is 56.0 Å². The maximum absolute atomic E-state index is 14.0. The Kier molecular flexibility index (Phi) is 29.9. The van der Waals surface area contributed by atoms with Crippen molar-refractivity contribution in [1.29, 1.82) is 5.53 Å². The average Bonchev–Trinajstić information content (AvgIpc) is 3.96. The Balaban J connectivity index is 0.000000586. The van der Waals surface area contributed by atoms with Crippen molar-refractivity contribution in [2.45, 2.75) is 57.5 Å². The summed E-state index contributed by atoms with van der Waals surface area (Å²) in [5.41, 5.74) is 11.3. The van der Waals surface area contributed by atoms with E-state index in [0.29, 0.717) is 11.1 Å². The predicted molar refractivity (Wildman–Crippen MR) is 267 cm³/mol. The van der Waals surface area contributed by atoms with Gasteiger partial charge < -0.3 is 35.3 Å². The van der Waals surface area contributed by atoms with Gasteiger partial charge in [0.15, 0.2) is 33.4 Å². The molecule has 73 heavy (non-hydrogen) atoms. The monoisotopic (exact) mass is 1080 g/mol. The van der Waals surface area contributed by atoms with Crippen LogP contribution in [0.25, 0.3) is 0 Å². The molecule has 1 fully saturated rings. The van der Waals surface area contributed by atoms with Gasteiger partial charge in [-0.1, -0.05) is 85.2 Å². The Morgan fingerprint density at radius 3 is 1.64 bits per heavy atom. The summed E-state index contributed by atoms with van der Waals surface area (Å²) >= 11 is 8.17. The Hall–Kier alpha value is -7.77. The highest BCUT2D eigenvalue weighted by Crippen LogP contribution is 2.37.